The first kappa shape index (κ1) is 18.3. The van der Waals surface area contributed by atoms with Crippen molar-refractivity contribution in [3.8, 4) is 17.3 Å². The topological polar surface area (TPSA) is 72.9 Å². The minimum Gasteiger partial charge on any atom is -0.503 e. The van der Waals surface area contributed by atoms with Gasteiger partial charge in [0.15, 0.2) is 11.6 Å². The summed E-state index contributed by atoms with van der Waals surface area (Å²) in [7, 11) is 0. The Balaban J connectivity index is 1.77. The smallest absolute Gasteiger partial charge is 0.242 e. The number of imidazole rings is 1. The van der Waals surface area contributed by atoms with E-state index in [1.807, 2.05) is 42.0 Å². The lowest BCUT2D eigenvalue weighted by Gasteiger charge is -2.34. The summed E-state index contributed by atoms with van der Waals surface area (Å²) >= 11 is 0. The second-order valence-corrected chi connectivity index (χ2v) is 7.57. The molecule has 150 valence electrons. The highest BCUT2D eigenvalue weighted by molar-refractivity contribution is 5.60. The average molecular weight is 402 g/mol. The summed E-state index contributed by atoms with van der Waals surface area (Å²) in [6.45, 7) is 2.52. The van der Waals surface area contributed by atoms with E-state index in [1.165, 1.54) is 12.1 Å². The van der Waals surface area contributed by atoms with Gasteiger partial charge in [-0.05, 0) is 30.2 Å². The molecule has 1 unspecified atom stereocenters. The zero-order valence-corrected chi connectivity index (χ0v) is 16.2. The van der Waals surface area contributed by atoms with Crippen LogP contribution in [0.5, 0.6) is 5.75 Å². The third kappa shape index (κ3) is 2.90. The third-order valence-corrected chi connectivity index (χ3v) is 5.61. The lowest BCUT2D eigenvalue weighted by Crippen LogP contribution is -2.32. The van der Waals surface area contributed by atoms with Gasteiger partial charge in [0.05, 0.1) is 12.2 Å². The van der Waals surface area contributed by atoms with Crippen LogP contribution in [0.25, 0.3) is 11.5 Å². The Hall–Kier alpha value is -3.74. The van der Waals surface area contributed by atoms with Crippen molar-refractivity contribution < 1.29 is 9.50 Å². The number of benzene rings is 2. The number of nitrogens with zero attached hydrogens (tertiary/aromatic N) is 4. The van der Waals surface area contributed by atoms with Gasteiger partial charge in [-0.3, -0.25) is 9.48 Å². The summed E-state index contributed by atoms with van der Waals surface area (Å²) < 4.78 is 17.7. The van der Waals surface area contributed by atoms with Crippen molar-refractivity contribution in [3.05, 3.63) is 99.9 Å². The van der Waals surface area contributed by atoms with Crippen LogP contribution < -0.4 is 5.43 Å². The fourth-order valence-corrected chi connectivity index (χ4v) is 4.32. The second kappa shape index (κ2) is 6.95. The van der Waals surface area contributed by atoms with E-state index in [0.29, 0.717) is 12.4 Å². The molecule has 30 heavy (non-hydrogen) atoms. The van der Waals surface area contributed by atoms with Crippen LogP contribution in [0.3, 0.4) is 0 Å². The molecule has 2 atom stereocenters. The number of halogens is 1. The predicted molar refractivity (Wildman–Crippen MR) is 110 cm³/mol. The largest absolute Gasteiger partial charge is 0.503 e. The number of hydrogen-bond acceptors (Lipinski definition) is 4. The van der Waals surface area contributed by atoms with E-state index in [-0.39, 0.29) is 29.2 Å². The Bertz CT molecular complexity index is 1270. The van der Waals surface area contributed by atoms with Gasteiger partial charge >= 0.3 is 0 Å². The maximum Gasteiger partial charge on any atom is 0.242 e. The van der Waals surface area contributed by atoms with Crippen molar-refractivity contribution >= 4 is 0 Å². The SMILES string of the molecule is Cc1cccc(C(c2cccc(F)c2)[C@H]2Cn3ccnc3-c3c(O)c(=O)cnn32)c1. The van der Waals surface area contributed by atoms with Gasteiger partial charge in [-0.25, -0.2) is 9.37 Å². The molecule has 1 N–H and O–H groups in total. The number of rotatable bonds is 3. The predicted octanol–water partition coefficient (Wildman–Crippen LogP) is 3.65. The van der Waals surface area contributed by atoms with Crippen molar-refractivity contribution in [2.45, 2.75) is 25.4 Å². The van der Waals surface area contributed by atoms with Gasteiger partial charge in [-0.2, -0.15) is 5.10 Å². The molecule has 1 aliphatic rings. The first-order chi connectivity index (χ1) is 14.5. The molecule has 0 amide bonds. The Morgan fingerprint density at radius 2 is 1.93 bits per heavy atom. The minimum absolute atomic E-state index is 0.260. The summed E-state index contributed by atoms with van der Waals surface area (Å²) in [6.07, 6.45) is 4.55. The molecule has 4 aromatic rings. The van der Waals surface area contributed by atoms with E-state index < -0.39 is 5.43 Å². The first-order valence-electron chi connectivity index (χ1n) is 9.67. The van der Waals surface area contributed by atoms with E-state index in [9.17, 15) is 14.3 Å². The molecule has 0 radical (unpaired) electrons. The van der Waals surface area contributed by atoms with Crippen molar-refractivity contribution in [2.24, 2.45) is 0 Å². The van der Waals surface area contributed by atoms with Crippen LogP contribution in [0.2, 0.25) is 0 Å². The number of fused-ring (bicyclic) bond motifs is 3. The third-order valence-electron chi connectivity index (χ3n) is 5.61. The van der Waals surface area contributed by atoms with Crippen molar-refractivity contribution in [1.82, 2.24) is 19.3 Å². The fourth-order valence-electron chi connectivity index (χ4n) is 4.32. The number of aryl methyl sites for hydroxylation is 1. The highest BCUT2D eigenvalue weighted by Gasteiger charge is 2.35. The van der Waals surface area contributed by atoms with Gasteiger partial charge in [0.1, 0.15) is 11.5 Å². The molecule has 0 fully saturated rings. The molecule has 6 nitrogen and oxygen atoms in total. The van der Waals surface area contributed by atoms with E-state index in [1.54, 1.807) is 16.9 Å². The number of hydrogen-bond donors (Lipinski definition) is 1. The van der Waals surface area contributed by atoms with Crippen LogP contribution in [-0.4, -0.2) is 24.4 Å². The molecule has 0 saturated heterocycles. The van der Waals surface area contributed by atoms with Gasteiger partial charge in [-0.1, -0.05) is 42.0 Å². The quantitative estimate of drug-likeness (QED) is 0.568. The standard InChI is InChI=1S/C23H19FN4O2/c1-14-4-2-5-15(10-14)20(16-6-3-7-17(24)11-16)18-13-27-9-8-25-23(27)21-22(30)19(29)12-26-28(18)21/h2-12,18,20,30H,13H2,1H3/t18-,20?/m1/s1. The maximum absolute atomic E-state index is 14.2. The van der Waals surface area contributed by atoms with Crippen molar-refractivity contribution in [2.75, 3.05) is 0 Å². The van der Waals surface area contributed by atoms with Gasteiger partial charge in [0.2, 0.25) is 5.43 Å². The molecular formula is C23H19FN4O2. The number of aromatic hydroxyl groups is 1. The van der Waals surface area contributed by atoms with Gasteiger partial charge in [0, 0.05) is 24.9 Å². The number of aromatic nitrogens is 4. The van der Waals surface area contributed by atoms with Gasteiger partial charge in [0.25, 0.3) is 0 Å². The van der Waals surface area contributed by atoms with Crippen LogP contribution >= 0.6 is 0 Å². The summed E-state index contributed by atoms with van der Waals surface area (Å²) in [6, 6.07) is 14.3. The van der Waals surface area contributed by atoms with E-state index >= 15 is 0 Å². The minimum atomic E-state index is -0.561. The van der Waals surface area contributed by atoms with Crippen molar-refractivity contribution in [1.29, 1.82) is 0 Å². The molecular weight excluding hydrogens is 383 g/mol. The lowest BCUT2D eigenvalue weighted by molar-refractivity contribution is 0.331. The molecule has 7 heteroatoms. The Morgan fingerprint density at radius 1 is 1.17 bits per heavy atom. The summed E-state index contributed by atoms with van der Waals surface area (Å²) in [5.74, 6) is -0.481. The molecule has 2 aromatic heterocycles. The van der Waals surface area contributed by atoms with E-state index in [0.717, 1.165) is 22.9 Å². The zero-order chi connectivity index (χ0) is 20.8. The lowest BCUT2D eigenvalue weighted by atomic mass is 9.83. The summed E-state index contributed by atoms with van der Waals surface area (Å²) in [5.41, 5.74) is 2.59. The molecule has 5 rings (SSSR count). The first-order valence-corrected chi connectivity index (χ1v) is 9.67. The van der Waals surface area contributed by atoms with Crippen molar-refractivity contribution in [3.63, 3.8) is 0 Å². The Labute approximate surface area is 171 Å². The van der Waals surface area contributed by atoms with Gasteiger partial charge < -0.3 is 9.67 Å². The molecule has 1 aliphatic heterocycles. The van der Waals surface area contributed by atoms with Crippen LogP contribution in [-0.2, 0) is 6.54 Å². The van der Waals surface area contributed by atoms with E-state index in [2.05, 4.69) is 16.1 Å². The van der Waals surface area contributed by atoms with Gasteiger partial charge in [-0.15, -0.1) is 0 Å². The van der Waals surface area contributed by atoms with Crippen LogP contribution in [0.1, 0.15) is 28.7 Å². The Kier molecular flexibility index (Phi) is 4.24. The molecule has 2 aromatic carbocycles. The van der Waals surface area contributed by atoms with Crippen LogP contribution in [0.4, 0.5) is 4.39 Å². The summed E-state index contributed by atoms with van der Waals surface area (Å²) in [5, 5.41) is 14.9. The monoisotopic (exact) mass is 402 g/mol. The molecule has 0 bridgehead atoms. The molecule has 0 saturated carbocycles. The second-order valence-electron chi connectivity index (χ2n) is 7.57. The van der Waals surface area contributed by atoms with Crippen LogP contribution in [0, 0.1) is 12.7 Å². The summed E-state index contributed by atoms with van der Waals surface area (Å²) in [4.78, 5) is 16.4. The van der Waals surface area contributed by atoms with E-state index in [4.69, 9.17) is 0 Å². The fraction of sp³-hybridized carbons (Fsp3) is 0.174. The maximum atomic E-state index is 14.2. The zero-order valence-electron chi connectivity index (χ0n) is 16.2. The highest BCUT2D eigenvalue weighted by Crippen LogP contribution is 2.42. The van der Waals surface area contributed by atoms with Crippen LogP contribution in [0.15, 0.2) is 71.9 Å². The Morgan fingerprint density at radius 3 is 2.70 bits per heavy atom. The average Bonchev–Trinajstić information content (AvgIpc) is 3.19. The molecule has 0 aliphatic carbocycles. The molecule has 0 spiro atoms. The normalized spacial score (nSPS) is 16.0. The molecule has 3 heterocycles. The highest BCUT2D eigenvalue weighted by atomic mass is 19.1.